The molecule has 0 heterocycles. The summed E-state index contributed by atoms with van der Waals surface area (Å²) >= 11 is 0. The van der Waals surface area contributed by atoms with Crippen LogP contribution in [0.1, 0.15) is 46.6 Å². The van der Waals surface area contributed by atoms with Crippen LogP contribution in [0.2, 0.25) is 0 Å². The smallest absolute Gasteiger partial charge is 0.182 e. The molecule has 4 nitrogen and oxygen atoms in total. The average Bonchev–Trinajstić information content (AvgIpc) is 2.28. The van der Waals surface area contributed by atoms with Crippen molar-refractivity contribution in [1.82, 2.24) is 0 Å². The van der Waals surface area contributed by atoms with Crippen molar-refractivity contribution in [2.75, 3.05) is 7.11 Å². The quantitative estimate of drug-likeness (QED) is 0.397. The summed E-state index contributed by atoms with van der Waals surface area (Å²) in [6.45, 7) is 10.2. The third-order valence-electron chi connectivity index (χ3n) is 3.03. The molecule has 1 aromatic carbocycles. The van der Waals surface area contributed by atoms with Gasteiger partial charge in [0, 0.05) is 25.8 Å². The fraction of sp³-hybridized carbons (Fsp3) is 0.562. The molecule has 20 heavy (non-hydrogen) atoms. The summed E-state index contributed by atoms with van der Waals surface area (Å²) in [5.74, 6) is 0.428. The van der Waals surface area contributed by atoms with E-state index in [0.29, 0.717) is 11.3 Å². The van der Waals surface area contributed by atoms with E-state index in [9.17, 15) is 10.3 Å². The Balaban J connectivity index is 3.04. The molecule has 0 bridgehead atoms. The van der Waals surface area contributed by atoms with Crippen LogP contribution in [0.25, 0.3) is 0 Å². The Kier molecular flexibility index (Phi) is 4.69. The van der Waals surface area contributed by atoms with E-state index in [4.69, 9.17) is 4.74 Å². The second-order valence-corrected chi connectivity index (χ2v) is 6.94. The maximum absolute atomic E-state index is 12.4. The normalized spacial score (nSPS) is 13.4. The number of hydrogen-bond donors (Lipinski definition) is 1. The van der Waals surface area contributed by atoms with Crippen molar-refractivity contribution in [2.45, 2.75) is 46.6 Å². The molecule has 1 aromatic rings. The van der Waals surface area contributed by atoms with E-state index in [1.54, 1.807) is 12.1 Å². The van der Waals surface area contributed by atoms with Crippen LogP contribution in [0.4, 0.5) is 0 Å². The lowest BCUT2D eigenvalue weighted by molar-refractivity contribution is -0.540. The van der Waals surface area contributed by atoms with Gasteiger partial charge in [0.05, 0.1) is 7.11 Å². The van der Waals surface area contributed by atoms with Gasteiger partial charge < -0.3 is 15.1 Å². The van der Waals surface area contributed by atoms with E-state index in [2.05, 4.69) is 20.8 Å². The van der Waals surface area contributed by atoms with Crippen molar-refractivity contribution < 1.29 is 14.6 Å². The number of aromatic hydroxyl groups is 1. The number of hydrogen-bond acceptors (Lipinski definition) is 3. The fourth-order valence-electron chi connectivity index (χ4n) is 2.46. The topological polar surface area (TPSA) is 55.5 Å². The van der Waals surface area contributed by atoms with Gasteiger partial charge in [0.1, 0.15) is 0 Å². The van der Waals surface area contributed by atoms with E-state index >= 15 is 0 Å². The number of phenolic OH excluding ortho intramolecular Hbond substituents is 1. The molecule has 0 atom stereocenters. The number of benzene rings is 1. The van der Waals surface area contributed by atoms with E-state index in [0.717, 1.165) is 11.2 Å². The maximum Gasteiger partial charge on any atom is 0.182 e. The predicted octanol–water partition coefficient (Wildman–Crippen LogP) is 3.54. The second-order valence-electron chi connectivity index (χ2n) is 6.94. The van der Waals surface area contributed by atoms with Gasteiger partial charge in [-0.15, -0.1) is 0 Å². The Bertz CT molecular complexity index is 499. The molecule has 0 aliphatic carbocycles. The van der Waals surface area contributed by atoms with Crippen molar-refractivity contribution in [1.29, 1.82) is 0 Å². The van der Waals surface area contributed by atoms with Gasteiger partial charge in [-0.2, -0.15) is 0 Å². The zero-order valence-electron chi connectivity index (χ0n) is 13.2. The van der Waals surface area contributed by atoms with Crippen LogP contribution in [0.5, 0.6) is 11.5 Å². The largest absolute Gasteiger partial charge is 0.623 e. The van der Waals surface area contributed by atoms with Crippen LogP contribution in [0, 0.1) is 10.6 Å². The summed E-state index contributed by atoms with van der Waals surface area (Å²) < 4.78 is 6.02. The molecule has 1 rings (SSSR count). The highest BCUT2D eigenvalue weighted by atomic mass is 16.5. The van der Waals surface area contributed by atoms with Crippen molar-refractivity contribution in [3.8, 4) is 11.5 Å². The van der Waals surface area contributed by atoms with Crippen molar-refractivity contribution in [2.24, 2.45) is 5.41 Å². The first-order valence-electron chi connectivity index (χ1n) is 6.73. The minimum Gasteiger partial charge on any atom is -0.623 e. The number of ether oxygens (including phenoxy) is 1. The number of hydroxylamine groups is 1. The van der Waals surface area contributed by atoms with Crippen LogP contribution in [0.15, 0.2) is 18.2 Å². The van der Waals surface area contributed by atoms with Crippen molar-refractivity contribution in [3.63, 3.8) is 0 Å². The molecule has 0 aliphatic heterocycles. The van der Waals surface area contributed by atoms with E-state index in [-0.39, 0.29) is 11.2 Å². The monoisotopic (exact) mass is 279 g/mol. The average molecular weight is 279 g/mol. The molecule has 0 radical (unpaired) electrons. The zero-order valence-corrected chi connectivity index (χ0v) is 13.2. The number of phenols is 1. The van der Waals surface area contributed by atoms with E-state index in [1.807, 2.05) is 13.8 Å². The van der Waals surface area contributed by atoms with Gasteiger partial charge in [-0.1, -0.05) is 20.8 Å². The lowest BCUT2D eigenvalue weighted by atomic mass is 9.82. The molecule has 0 saturated heterocycles. The Morgan fingerprint density at radius 2 is 1.85 bits per heavy atom. The lowest BCUT2D eigenvalue weighted by Gasteiger charge is -2.30. The molecule has 4 heteroatoms. The lowest BCUT2D eigenvalue weighted by Crippen LogP contribution is -2.37. The highest BCUT2D eigenvalue weighted by molar-refractivity contribution is 5.77. The molecule has 112 valence electrons. The van der Waals surface area contributed by atoms with Gasteiger partial charge >= 0.3 is 0 Å². The first-order chi connectivity index (χ1) is 9.05. The molecule has 0 aromatic heterocycles. The predicted molar refractivity (Wildman–Crippen MR) is 81.6 cm³/mol. The minimum atomic E-state index is -0.497. The highest BCUT2D eigenvalue weighted by Crippen LogP contribution is 2.29. The van der Waals surface area contributed by atoms with Gasteiger partial charge in [-0.3, -0.25) is 0 Å². The van der Waals surface area contributed by atoms with Crippen molar-refractivity contribution in [3.05, 3.63) is 29.0 Å². The molecule has 0 saturated carbocycles. The van der Waals surface area contributed by atoms with E-state index < -0.39 is 5.54 Å². The molecular weight excluding hydrogens is 254 g/mol. The van der Waals surface area contributed by atoms with Gasteiger partial charge in [0.25, 0.3) is 0 Å². The van der Waals surface area contributed by atoms with Gasteiger partial charge in [0.2, 0.25) is 0 Å². The first-order valence-corrected chi connectivity index (χ1v) is 6.73. The molecule has 0 spiro atoms. The van der Waals surface area contributed by atoms with Gasteiger partial charge in [-0.25, -0.2) is 4.74 Å². The summed E-state index contributed by atoms with van der Waals surface area (Å²) in [4.78, 5) is 0. The summed E-state index contributed by atoms with van der Waals surface area (Å²) in [5, 5.41) is 21.9. The molecule has 0 unspecified atom stereocenters. The van der Waals surface area contributed by atoms with Crippen LogP contribution in [-0.4, -0.2) is 28.7 Å². The molecule has 0 amide bonds. The standard InChI is InChI=1S/C16H25NO3/c1-15(2,3)11-16(4,5)17(19)10-12-7-8-13(18)14(9-12)20-6/h7-10,18H,11H2,1-6H3. The summed E-state index contributed by atoms with van der Waals surface area (Å²) in [7, 11) is 1.48. The SMILES string of the molecule is COc1cc(C=[N+]([O-])C(C)(C)CC(C)(C)C)ccc1O. The molecule has 1 N–H and O–H groups in total. The fourth-order valence-corrected chi connectivity index (χ4v) is 2.46. The van der Waals surface area contributed by atoms with Crippen LogP contribution < -0.4 is 4.74 Å². The van der Waals surface area contributed by atoms with Crippen LogP contribution >= 0.6 is 0 Å². The molecule has 0 aliphatic rings. The third-order valence-corrected chi connectivity index (χ3v) is 3.03. The third kappa shape index (κ3) is 4.44. The summed E-state index contributed by atoms with van der Waals surface area (Å²) in [6.07, 6.45) is 2.31. The zero-order chi connectivity index (χ0) is 15.6. The number of nitrogens with zero attached hydrogens (tertiary/aromatic N) is 1. The summed E-state index contributed by atoms with van der Waals surface area (Å²) in [6, 6.07) is 4.86. The maximum atomic E-state index is 12.4. The minimum absolute atomic E-state index is 0.0658. The van der Waals surface area contributed by atoms with E-state index in [1.165, 1.54) is 19.4 Å². The van der Waals surface area contributed by atoms with Crippen molar-refractivity contribution >= 4 is 6.21 Å². The Morgan fingerprint density at radius 3 is 2.35 bits per heavy atom. The highest BCUT2D eigenvalue weighted by Gasteiger charge is 2.32. The van der Waals surface area contributed by atoms with Gasteiger partial charge in [0.15, 0.2) is 23.3 Å². The van der Waals surface area contributed by atoms with Crippen LogP contribution in [-0.2, 0) is 0 Å². The van der Waals surface area contributed by atoms with Gasteiger partial charge in [-0.05, 0) is 23.6 Å². The molecular formula is C16H25NO3. The Hall–Kier alpha value is -1.71. The first kappa shape index (κ1) is 16.3. The number of methoxy groups -OCH3 is 1. The molecule has 0 fully saturated rings. The summed E-state index contributed by atoms with van der Waals surface area (Å²) in [5.41, 5.74) is 0.285. The van der Waals surface area contributed by atoms with Crippen LogP contribution in [0.3, 0.4) is 0 Å². The second kappa shape index (κ2) is 5.73. The Morgan fingerprint density at radius 1 is 1.25 bits per heavy atom. The Labute approximate surface area is 121 Å². The number of rotatable bonds is 4.